The van der Waals surface area contributed by atoms with E-state index in [1.165, 1.54) is 36.8 Å². The van der Waals surface area contributed by atoms with Crippen molar-refractivity contribution in [2.24, 2.45) is 0 Å². The summed E-state index contributed by atoms with van der Waals surface area (Å²) in [6, 6.07) is 18.9. The molecule has 4 N–H and O–H groups in total. The molecule has 1 aliphatic rings. The number of amides is 2. The Hall–Kier alpha value is -3.15. The quantitative estimate of drug-likeness (QED) is 0.197. The van der Waals surface area contributed by atoms with Crippen LogP contribution in [0.3, 0.4) is 0 Å². The summed E-state index contributed by atoms with van der Waals surface area (Å²) in [7, 11) is -3.93. The fourth-order valence-corrected chi connectivity index (χ4v) is 6.77. The van der Waals surface area contributed by atoms with Crippen molar-refractivity contribution in [3.63, 3.8) is 0 Å². The van der Waals surface area contributed by atoms with Crippen LogP contribution in [0.2, 0.25) is 10.0 Å². The highest BCUT2D eigenvalue weighted by Gasteiger charge is 2.29. The number of hydrogen-bond acceptors (Lipinski definition) is 6. The van der Waals surface area contributed by atoms with E-state index in [-0.39, 0.29) is 45.5 Å². The molecule has 3 atom stereocenters. The Balaban J connectivity index is 1.55. The highest BCUT2D eigenvalue weighted by molar-refractivity contribution is 7.92. The summed E-state index contributed by atoms with van der Waals surface area (Å²) in [6.45, 7) is 1.78. The SMILES string of the molecule is C[C@H](NC[C@@H](O)[C@H](Cc1ccccc1)NC(=O)c1ccccc1N(c1ccc(Cl)c(Cl)c1)S(C)(=O)=O)C(=O)NC1CCCCC1. The van der Waals surface area contributed by atoms with Crippen LogP contribution in [0.4, 0.5) is 11.4 Å². The lowest BCUT2D eigenvalue weighted by atomic mass is 9.95. The minimum absolute atomic E-state index is 0.0391. The number of nitrogens with one attached hydrogen (secondary N) is 3. The van der Waals surface area contributed by atoms with Gasteiger partial charge < -0.3 is 21.1 Å². The molecule has 4 rings (SSSR count). The van der Waals surface area contributed by atoms with Gasteiger partial charge in [-0.05, 0) is 62.1 Å². The molecule has 1 aliphatic carbocycles. The molecule has 3 aromatic rings. The number of benzene rings is 3. The summed E-state index contributed by atoms with van der Waals surface area (Å²) in [6.07, 6.45) is 5.58. The number of anilines is 2. The first-order valence-corrected chi connectivity index (χ1v) is 17.7. The van der Waals surface area contributed by atoms with E-state index >= 15 is 0 Å². The van der Waals surface area contributed by atoms with Crippen molar-refractivity contribution in [1.29, 1.82) is 0 Å². The van der Waals surface area contributed by atoms with Crippen LogP contribution >= 0.6 is 23.2 Å². The van der Waals surface area contributed by atoms with E-state index < -0.39 is 34.1 Å². The van der Waals surface area contributed by atoms with Crippen LogP contribution in [0, 0.1) is 0 Å². The van der Waals surface area contributed by atoms with Crippen molar-refractivity contribution in [1.82, 2.24) is 16.0 Å². The molecule has 0 saturated heterocycles. The third kappa shape index (κ3) is 9.67. The van der Waals surface area contributed by atoms with Crippen LogP contribution < -0.4 is 20.3 Å². The lowest BCUT2D eigenvalue weighted by molar-refractivity contribution is -0.123. The van der Waals surface area contributed by atoms with Gasteiger partial charge in [0.1, 0.15) is 0 Å². The van der Waals surface area contributed by atoms with E-state index in [2.05, 4.69) is 16.0 Å². The molecule has 0 radical (unpaired) electrons. The van der Waals surface area contributed by atoms with E-state index in [9.17, 15) is 23.1 Å². The third-order valence-corrected chi connectivity index (χ3v) is 9.70. The largest absolute Gasteiger partial charge is 0.390 e. The predicted octanol–water partition coefficient (Wildman–Crippen LogP) is 5.22. The minimum Gasteiger partial charge on any atom is -0.390 e. The van der Waals surface area contributed by atoms with Gasteiger partial charge in [0.2, 0.25) is 15.9 Å². The van der Waals surface area contributed by atoms with Crippen LogP contribution in [0.25, 0.3) is 0 Å². The van der Waals surface area contributed by atoms with Crippen molar-refractivity contribution in [2.45, 2.75) is 69.7 Å². The number of hydrogen-bond donors (Lipinski definition) is 4. The first kappa shape index (κ1) is 34.7. The minimum atomic E-state index is -3.93. The molecule has 0 bridgehead atoms. The maximum atomic E-state index is 13.8. The van der Waals surface area contributed by atoms with E-state index in [1.54, 1.807) is 19.1 Å². The van der Waals surface area contributed by atoms with Gasteiger partial charge >= 0.3 is 0 Å². The maximum Gasteiger partial charge on any atom is 0.253 e. The Kier molecular flexibility index (Phi) is 12.3. The monoisotopic (exact) mass is 674 g/mol. The highest BCUT2D eigenvalue weighted by Crippen LogP contribution is 2.35. The Morgan fingerprint density at radius 1 is 0.956 bits per heavy atom. The molecule has 0 aromatic heterocycles. The molecule has 0 unspecified atom stereocenters. The topological polar surface area (TPSA) is 128 Å². The van der Waals surface area contributed by atoms with Crippen molar-refractivity contribution < 1.29 is 23.1 Å². The summed E-state index contributed by atoms with van der Waals surface area (Å²) >= 11 is 12.3. The molecule has 0 heterocycles. The predicted molar refractivity (Wildman–Crippen MR) is 180 cm³/mol. The molecule has 0 aliphatic heterocycles. The first-order chi connectivity index (χ1) is 21.4. The highest BCUT2D eigenvalue weighted by atomic mass is 35.5. The molecular formula is C33H40Cl2N4O5S. The zero-order chi connectivity index (χ0) is 32.6. The Morgan fingerprint density at radius 2 is 1.62 bits per heavy atom. The lowest BCUT2D eigenvalue weighted by Gasteiger charge is -2.29. The number of para-hydroxylation sites is 1. The molecule has 9 nitrogen and oxygen atoms in total. The van der Waals surface area contributed by atoms with Gasteiger partial charge in [0.15, 0.2) is 0 Å². The summed E-state index contributed by atoms with van der Waals surface area (Å²) in [4.78, 5) is 26.6. The molecule has 242 valence electrons. The van der Waals surface area contributed by atoms with Gasteiger partial charge in [-0.1, -0.05) is 84.9 Å². The second-order valence-corrected chi connectivity index (χ2v) is 14.1. The number of halogens is 2. The number of sulfonamides is 1. The van der Waals surface area contributed by atoms with Crippen molar-refractivity contribution in [3.8, 4) is 0 Å². The Bertz CT molecular complexity index is 1570. The van der Waals surface area contributed by atoms with Gasteiger partial charge in [0, 0.05) is 12.6 Å². The molecule has 3 aromatic carbocycles. The van der Waals surface area contributed by atoms with Gasteiger partial charge in [-0.25, -0.2) is 12.7 Å². The summed E-state index contributed by atoms with van der Waals surface area (Å²) < 4.78 is 27.1. The van der Waals surface area contributed by atoms with Gasteiger partial charge in [-0.2, -0.15) is 0 Å². The van der Waals surface area contributed by atoms with E-state index in [1.807, 2.05) is 30.3 Å². The van der Waals surface area contributed by atoms with Gasteiger partial charge in [0.05, 0.1) is 51.4 Å². The third-order valence-electron chi connectivity index (χ3n) is 7.89. The number of aliphatic hydroxyl groups excluding tert-OH is 1. The van der Waals surface area contributed by atoms with Crippen molar-refractivity contribution in [2.75, 3.05) is 17.1 Å². The Morgan fingerprint density at radius 3 is 2.29 bits per heavy atom. The van der Waals surface area contributed by atoms with Crippen LogP contribution in [0.5, 0.6) is 0 Å². The zero-order valence-corrected chi connectivity index (χ0v) is 27.7. The number of carbonyl (C=O) groups excluding carboxylic acids is 2. The Labute approximate surface area is 275 Å². The maximum absolute atomic E-state index is 13.8. The number of carbonyl (C=O) groups is 2. The normalized spacial score (nSPS) is 15.9. The lowest BCUT2D eigenvalue weighted by Crippen LogP contribution is -2.53. The van der Waals surface area contributed by atoms with Crippen molar-refractivity contribution in [3.05, 3.63) is 94.0 Å². The molecule has 45 heavy (non-hydrogen) atoms. The average Bonchev–Trinajstić information content (AvgIpc) is 3.01. The number of nitrogens with zero attached hydrogens (tertiary/aromatic N) is 1. The van der Waals surface area contributed by atoms with E-state index in [0.717, 1.165) is 41.8 Å². The second kappa shape index (κ2) is 15.9. The van der Waals surface area contributed by atoms with Gasteiger partial charge in [-0.3, -0.25) is 9.59 Å². The zero-order valence-electron chi connectivity index (χ0n) is 25.4. The van der Waals surface area contributed by atoms with E-state index in [0.29, 0.717) is 6.42 Å². The summed E-state index contributed by atoms with van der Waals surface area (Å²) in [5.74, 6) is -0.711. The van der Waals surface area contributed by atoms with Crippen LogP contribution in [-0.4, -0.2) is 62.4 Å². The van der Waals surface area contributed by atoms with Crippen LogP contribution in [0.15, 0.2) is 72.8 Å². The van der Waals surface area contributed by atoms with Crippen molar-refractivity contribution >= 4 is 56.4 Å². The fraction of sp³-hybridized carbons (Fsp3) is 0.394. The standard InChI is InChI=1S/C33H40Cl2N4O5S/c1-22(32(41)37-24-13-7-4-8-14-24)36-21-31(40)29(19-23-11-5-3-6-12-23)38-33(42)26-15-9-10-16-30(26)39(45(2,43)44)25-17-18-27(34)28(35)20-25/h3,5-6,9-12,15-18,20,22,24,29,31,36,40H,4,7-8,13-14,19,21H2,1-2H3,(H,37,41)(H,38,42)/t22-,29-,31+/m0/s1. The van der Waals surface area contributed by atoms with Crippen LogP contribution in [0.1, 0.15) is 54.9 Å². The molecule has 2 amide bonds. The van der Waals surface area contributed by atoms with Gasteiger partial charge in [-0.15, -0.1) is 0 Å². The molecule has 12 heteroatoms. The smallest absolute Gasteiger partial charge is 0.253 e. The number of rotatable bonds is 13. The molecular weight excluding hydrogens is 635 g/mol. The number of aliphatic hydroxyl groups is 1. The summed E-state index contributed by atoms with van der Waals surface area (Å²) in [5, 5.41) is 20.9. The molecule has 1 fully saturated rings. The molecule has 1 saturated carbocycles. The average molecular weight is 676 g/mol. The van der Waals surface area contributed by atoms with Crippen LogP contribution in [-0.2, 0) is 21.2 Å². The first-order valence-electron chi connectivity index (χ1n) is 15.0. The molecule has 0 spiro atoms. The second-order valence-electron chi connectivity index (χ2n) is 11.5. The van der Waals surface area contributed by atoms with E-state index in [4.69, 9.17) is 23.2 Å². The summed E-state index contributed by atoms with van der Waals surface area (Å²) in [5.41, 5.74) is 1.27. The van der Waals surface area contributed by atoms with Gasteiger partial charge in [0.25, 0.3) is 5.91 Å². The fourth-order valence-electron chi connectivity index (χ4n) is 5.47.